The Morgan fingerprint density at radius 2 is 1.73 bits per heavy atom. The molecule has 0 unspecified atom stereocenters. The lowest BCUT2D eigenvalue weighted by Gasteiger charge is -2.32. The number of nitrogens with one attached hydrogen (secondary N) is 1. The van der Waals surface area contributed by atoms with Crippen LogP contribution < -0.4 is 10.1 Å². The van der Waals surface area contributed by atoms with E-state index >= 15 is 0 Å². The van der Waals surface area contributed by atoms with Crippen molar-refractivity contribution in [2.24, 2.45) is 0 Å². The molecule has 5 nitrogen and oxygen atoms in total. The Kier molecular flexibility index (Phi) is 8.95. The number of amides is 2. The molecule has 0 spiro atoms. The van der Waals surface area contributed by atoms with E-state index in [2.05, 4.69) is 21.2 Å². The SMILES string of the molecule is CC[C@H](C(=O)NC1CCCC1)N(Cc1ccccc1C)C(=O)COc1cc(C)c(Br)c(C)c1. The summed E-state index contributed by atoms with van der Waals surface area (Å²) < 4.78 is 6.94. The van der Waals surface area contributed by atoms with E-state index in [1.165, 1.54) is 0 Å². The lowest BCUT2D eigenvalue weighted by Crippen LogP contribution is -2.52. The predicted molar refractivity (Wildman–Crippen MR) is 135 cm³/mol. The van der Waals surface area contributed by atoms with E-state index in [9.17, 15) is 9.59 Å². The van der Waals surface area contributed by atoms with Crippen molar-refractivity contribution in [3.05, 3.63) is 63.1 Å². The Hall–Kier alpha value is -2.34. The lowest BCUT2D eigenvalue weighted by atomic mass is 10.1. The van der Waals surface area contributed by atoms with Gasteiger partial charge in [-0.15, -0.1) is 0 Å². The average Bonchev–Trinajstić information content (AvgIpc) is 3.29. The summed E-state index contributed by atoms with van der Waals surface area (Å²) in [6.07, 6.45) is 4.87. The molecule has 0 saturated heterocycles. The maximum Gasteiger partial charge on any atom is 0.261 e. The third-order valence-corrected chi connectivity index (χ3v) is 7.71. The Morgan fingerprint density at radius 3 is 2.33 bits per heavy atom. The van der Waals surface area contributed by atoms with E-state index in [0.29, 0.717) is 18.7 Å². The molecular formula is C27H35BrN2O3. The van der Waals surface area contributed by atoms with Gasteiger partial charge in [0.05, 0.1) is 0 Å². The molecule has 1 saturated carbocycles. The van der Waals surface area contributed by atoms with Crippen molar-refractivity contribution in [1.29, 1.82) is 0 Å². The highest BCUT2D eigenvalue weighted by atomic mass is 79.9. The Morgan fingerprint density at radius 1 is 1.09 bits per heavy atom. The van der Waals surface area contributed by atoms with Crippen LogP contribution in [0.15, 0.2) is 40.9 Å². The number of rotatable bonds is 9. The van der Waals surface area contributed by atoms with Crippen LogP contribution in [0.5, 0.6) is 5.75 Å². The van der Waals surface area contributed by atoms with Gasteiger partial charge in [0.25, 0.3) is 5.91 Å². The zero-order valence-electron chi connectivity index (χ0n) is 20.1. The van der Waals surface area contributed by atoms with E-state index in [1.807, 2.05) is 64.1 Å². The van der Waals surface area contributed by atoms with E-state index in [4.69, 9.17) is 4.74 Å². The van der Waals surface area contributed by atoms with Crippen LogP contribution in [0.2, 0.25) is 0 Å². The second kappa shape index (κ2) is 11.7. The summed E-state index contributed by atoms with van der Waals surface area (Å²) in [6.45, 7) is 8.25. The second-order valence-corrected chi connectivity index (χ2v) is 9.81. The molecule has 1 atom stereocenters. The highest BCUT2D eigenvalue weighted by Crippen LogP contribution is 2.26. The highest BCUT2D eigenvalue weighted by Gasteiger charge is 2.31. The summed E-state index contributed by atoms with van der Waals surface area (Å²) in [6, 6.07) is 11.5. The number of halogens is 1. The third-order valence-electron chi connectivity index (χ3n) is 6.46. The monoisotopic (exact) mass is 514 g/mol. The van der Waals surface area contributed by atoms with E-state index in [1.54, 1.807) is 4.90 Å². The topological polar surface area (TPSA) is 58.6 Å². The van der Waals surface area contributed by atoms with Gasteiger partial charge in [-0.05, 0) is 74.4 Å². The summed E-state index contributed by atoms with van der Waals surface area (Å²) >= 11 is 3.57. The number of carbonyl (C=O) groups is 2. The summed E-state index contributed by atoms with van der Waals surface area (Å²) in [5.41, 5.74) is 4.24. The molecule has 0 radical (unpaired) electrons. The first-order chi connectivity index (χ1) is 15.8. The molecule has 1 aliphatic rings. The van der Waals surface area contributed by atoms with Crippen LogP contribution in [0.4, 0.5) is 0 Å². The van der Waals surface area contributed by atoms with Crippen LogP contribution >= 0.6 is 15.9 Å². The van der Waals surface area contributed by atoms with Gasteiger partial charge in [-0.1, -0.05) is 60.0 Å². The number of hydrogen-bond donors (Lipinski definition) is 1. The van der Waals surface area contributed by atoms with Gasteiger partial charge in [-0.2, -0.15) is 0 Å². The number of hydrogen-bond acceptors (Lipinski definition) is 3. The molecule has 1 N–H and O–H groups in total. The van der Waals surface area contributed by atoms with E-state index in [0.717, 1.165) is 52.4 Å². The Labute approximate surface area is 206 Å². The first-order valence-electron chi connectivity index (χ1n) is 11.8. The molecule has 2 aromatic rings. The smallest absolute Gasteiger partial charge is 0.261 e. The summed E-state index contributed by atoms with van der Waals surface area (Å²) in [5, 5.41) is 3.18. The molecule has 6 heteroatoms. The third kappa shape index (κ3) is 6.59. The first kappa shape index (κ1) is 25.3. The highest BCUT2D eigenvalue weighted by molar-refractivity contribution is 9.10. The van der Waals surface area contributed by atoms with Gasteiger partial charge in [0.15, 0.2) is 6.61 Å². The quantitative estimate of drug-likeness (QED) is 0.472. The zero-order valence-corrected chi connectivity index (χ0v) is 21.7. The number of nitrogens with zero attached hydrogens (tertiary/aromatic N) is 1. The molecule has 2 amide bonds. The van der Waals surface area contributed by atoms with Crippen molar-refractivity contribution in [1.82, 2.24) is 10.2 Å². The number of benzene rings is 2. The summed E-state index contributed by atoms with van der Waals surface area (Å²) in [5.74, 6) is 0.396. The first-order valence-corrected chi connectivity index (χ1v) is 12.6. The second-order valence-electron chi connectivity index (χ2n) is 9.02. The molecule has 33 heavy (non-hydrogen) atoms. The largest absolute Gasteiger partial charge is 0.484 e. The van der Waals surface area contributed by atoms with Gasteiger partial charge in [0.2, 0.25) is 5.91 Å². The predicted octanol–water partition coefficient (Wildman–Crippen LogP) is 5.62. The molecule has 2 aromatic carbocycles. The molecule has 178 valence electrons. The van der Waals surface area contributed by atoms with Crippen molar-refractivity contribution in [2.45, 2.75) is 78.4 Å². The summed E-state index contributed by atoms with van der Waals surface area (Å²) in [4.78, 5) is 28.3. The minimum absolute atomic E-state index is 0.0679. The maximum atomic E-state index is 13.4. The fraction of sp³-hybridized carbons (Fsp3) is 0.481. The van der Waals surface area contributed by atoms with Crippen LogP contribution in [0.1, 0.15) is 61.3 Å². The van der Waals surface area contributed by atoms with Gasteiger partial charge in [0.1, 0.15) is 11.8 Å². The van der Waals surface area contributed by atoms with Gasteiger partial charge < -0.3 is 15.0 Å². The van der Waals surface area contributed by atoms with Crippen molar-refractivity contribution >= 4 is 27.7 Å². The van der Waals surface area contributed by atoms with Crippen molar-refractivity contribution < 1.29 is 14.3 Å². The molecule has 0 heterocycles. The molecular weight excluding hydrogens is 480 g/mol. The fourth-order valence-corrected chi connectivity index (χ4v) is 4.70. The zero-order chi connectivity index (χ0) is 24.0. The molecule has 1 fully saturated rings. The molecule has 0 aliphatic heterocycles. The van der Waals surface area contributed by atoms with Crippen LogP contribution in [-0.4, -0.2) is 35.4 Å². The Balaban J connectivity index is 1.79. The molecule has 0 bridgehead atoms. The molecule has 0 aromatic heterocycles. The van der Waals surface area contributed by atoms with Gasteiger partial charge >= 0.3 is 0 Å². The van der Waals surface area contributed by atoms with Crippen molar-refractivity contribution in [2.75, 3.05) is 6.61 Å². The van der Waals surface area contributed by atoms with Crippen LogP contribution in [0.3, 0.4) is 0 Å². The minimum Gasteiger partial charge on any atom is -0.484 e. The standard InChI is InChI=1S/C27H35BrN2O3/c1-5-24(27(32)29-22-12-8-9-13-22)30(16-21-11-7-6-10-18(21)2)25(31)17-33-23-14-19(3)26(28)20(4)15-23/h6-7,10-11,14-15,22,24H,5,8-9,12-13,16-17H2,1-4H3,(H,29,32)/t24-/m1/s1. The Bertz CT molecular complexity index is 962. The normalized spacial score (nSPS) is 14.7. The van der Waals surface area contributed by atoms with E-state index < -0.39 is 6.04 Å². The minimum atomic E-state index is -0.533. The van der Waals surface area contributed by atoms with Crippen LogP contribution in [0.25, 0.3) is 0 Å². The van der Waals surface area contributed by atoms with Crippen molar-refractivity contribution in [3.63, 3.8) is 0 Å². The van der Waals surface area contributed by atoms with Gasteiger partial charge in [0, 0.05) is 17.1 Å². The van der Waals surface area contributed by atoms with Crippen LogP contribution in [0, 0.1) is 20.8 Å². The maximum absolute atomic E-state index is 13.4. The molecule has 3 rings (SSSR count). The van der Waals surface area contributed by atoms with Gasteiger partial charge in [-0.25, -0.2) is 0 Å². The number of carbonyl (C=O) groups excluding carboxylic acids is 2. The number of ether oxygens (including phenoxy) is 1. The van der Waals surface area contributed by atoms with Crippen molar-refractivity contribution in [3.8, 4) is 5.75 Å². The molecule has 1 aliphatic carbocycles. The van der Waals surface area contributed by atoms with Gasteiger partial charge in [-0.3, -0.25) is 9.59 Å². The average molecular weight is 515 g/mol. The fourth-order valence-electron chi connectivity index (χ4n) is 4.48. The lowest BCUT2D eigenvalue weighted by molar-refractivity contribution is -0.143. The summed E-state index contributed by atoms with van der Waals surface area (Å²) in [7, 11) is 0. The van der Waals surface area contributed by atoms with E-state index in [-0.39, 0.29) is 24.5 Å². The number of aryl methyl sites for hydroxylation is 3. The van der Waals surface area contributed by atoms with Crippen LogP contribution in [-0.2, 0) is 16.1 Å².